The van der Waals surface area contributed by atoms with Crippen LogP contribution < -0.4 is 5.32 Å². The molecule has 1 aromatic carbocycles. The van der Waals surface area contributed by atoms with Gasteiger partial charge in [0, 0.05) is 17.8 Å². The number of hydrogen-bond donors (Lipinski definition) is 2. The van der Waals surface area contributed by atoms with Crippen LogP contribution in [0.25, 0.3) is 0 Å². The van der Waals surface area contributed by atoms with Crippen molar-refractivity contribution in [2.24, 2.45) is 0 Å². The molecular formula is C15H22FNO2. The quantitative estimate of drug-likeness (QED) is 0.832. The van der Waals surface area contributed by atoms with Crippen LogP contribution in [-0.4, -0.2) is 30.5 Å². The maximum atomic E-state index is 13.3. The molecule has 1 unspecified atom stereocenters. The van der Waals surface area contributed by atoms with Gasteiger partial charge in [-0.25, -0.2) is 4.39 Å². The van der Waals surface area contributed by atoms with Gasteiger partial charge in [0.2, 0.25) is 0 Å². The molecule has 0 amide bonds. The van der Waals surface area contributed by atoms with Gasteiger partial charge in [0.25, 0.3) is 0 Å². The standard InChI is InChI=1S/C15H22FNO2/c1-11-14(16)7-4-8-15(11)17-9-12(18)10-19-13-5-2-3-6-13/h4,7-8,12-13,17-18H,2-3,5-6,9-10H2,1H3. The Morgan fingerprint density at radius 1 is 1.42 bits per heavy atom. The van der Waals surface area contributed by atoms with Gasteiger partial charge in [-0.05, 0) is 31.9 Å². The van der Waals surface area contributed by atoms with E-state index in [0.717, 1.165) is 18.5 Å². The van der Waals surface area contributed by atoms with E-state index in [1.807, 2.05) is 6.07 Å². The molecule has 0 heterocycles. The van der Waals surface area contributed by atoms with Crippen LogP contribution in [0.5, 0.6) is 0 Å². The van der Waals surface area contributed by atoms with E-state index in [1.165, 1.54) is 18.9 Å². The minimum absolute atomic E-state index is 0.235. The number of halogens is 1. The Morgan fingerprint density at radius 3 is 2.89 bits per heavy atom. The first-order valence-electron chi connectivity index (χ1n) is 6.95. The summed E-state index contributed by atoms with van der Waals surface area (Å²) in [4.78, 5) is 0. The summed E-state index contributed by atoms with van der Waals surface area (Å²) in [6.07, 6.45) is 4.39. The molecule has 0 bridgehead atoms. The van der Waals surface area contributed by atoms with Gasteiger partial charge >= 0.3 is 0 Å². The Morgan fingerprint density at radius 2 is 2.16 bits per heavy atom. The highest BCUT2D eigenvalue weighted by atomic mass is 19.1. The fourth-order valence-electron chi connectivity index (χ4n) is 2.39. The molecule has 4 heteroatoms. The minimum atomic E-state index is -0.566. The lowest BCUT2D eigenvalue weighted by Crippen LogP contribution is -2.27. The van der Waals surface area contributed by atoms with E-state index >= 15 is 0 Å². The normalized spacial score (nSPS) is 17.6. The topological polar surface area (TPSA) is 41.5 Å². The van der Waals surface area contributed by atoms with Crippen LogP contribution in [-0.2, 0) is 4.74 Å². The summed E-state index contributed by atoms with van der Waals surface area (Å²) < 4.78 is 19.0. The van der Waals surface area contributed by atoms with Crippen LogP contribution >= 0.6 is 0 Å². The van der Waals surface area contributed by atoms with Gasteiger partial charge in [-0.3, -0.25) is 0 Å². The second-order valence-electron chi connectivity index (χ2n) is 5.19. The lowest BCUT2D eigenvalue weighted by molar-refractivity contribution is -0.00117. The summed E-state index contributed by atoms with van der Waals surface area (Å²) in [5, 5.41) is 12.9. The molecule has 0 radical (unpaired) electrons. The molecule has 106 valence electrons. The van der Waals surface area contributed by atoms with E-state index in [-0.39, 0.29) is 5.82 Å². The molecule has 0 aromatic heterocycles. The highest BCUT2D eigenvalue weighted by Crippen LogP contribution is 2.21. The number of benzene rings is 1. The molecule has 3 nitrogen and oxygen atoms in total. The fraction of sp³-hybridized carbons (Fsp3) is 0.600. The molecule has 0 aliphatic heterocycles. The first kappa shape index (κ1) is 14.3. The molecular weight excluding hydrogens is 245 g/mol. The highest BCUT2D eigenvalue weighted by molar-refractivity contribution is 5.50. The molecule has 2 N–H and O–H groups in total. The van der Waals surface area contributed by atoms with Gasteiger partial charge in [-0.15, -0.1) is 0 Å². The molecule has 1 aromatic rings. The van der Waals surface area contributed by atoms with Gasteiger partial charge in [0.05, 0.1) is 18.8 Å². The van der Waals surface area contributed by atoms with Crippen molar-refractivity contribution >= 4 is 5.69 Å². The van der Waals surface area contributed by atoms with E-state index in [1.54, 1.807) is 13.0 Å². The van der Waals surface area contributed by atoms with Crippen molar-refractivity contribution in [2.45, 2.75) is 44.8 Å². The second-order valence-corrected chi connectivity index (χ2v) is 5.19. The number of hydrogen-bond acceptors (Lipinski definition) is 3. The molecule has 1 atom stereocenters. The van der Waals surface area contributed by atoms with Crippen molar-refractivity contribution in [2.75, 3.05) is 18.5 Å². The summed E-state index contributed by atoms with van der Waals surface area (Å²) in [6, 6.07) is 4.90. The summed E-state index contributed by atoms with van der Waals surface area (Å²) in [5.41, 5.74) is 1.30. The molecule has 1 aliphatic rings. The van der Waals surface area contributed by atoms with Crippen molar-refractivity contribution in [3.8, 4) is 0 Å². The van der Waals surface area contributed by atoms with Crippen molar-refractivity contribution in [1.29, 1.82) is 0 Å². The van der Waals surface area contributed by atoms with Crippen molar-refractivity contribution in [3.05, 3.63) is 29.6 Å². The molecule has 19 heavy (non-hydrogen) atoms. The molecule has 2 rings (SSSR count). The molecule has 1 aliphatic carbocycles. The minimum Gasteiger partial charge on any atom is -0.389 e. The zero-order valence-corrected chi connectivity index (χ0v) is 11.4. The average Bonchev–Trinajstić information content (AvgIpc) is 2.91. The molecule has 0 saturated heterocycles. The summed E-state index contributed by atoms with van der Waals surface area (Å²) in [7, 11) is 0. The Labute approximate surface area is 113 Å². The Hall–Kier alpha value is -1.13. The number of aliphatic hydroxyl groups is 1. The van der Waals surface area contributed by atoms with Gasteiger partial charge in [-0.1, -0.05) is 18.9 Å². The van der Waals surface area contributed by atoms with Gasteiger partial charge in [-0.2, -0.15) is 0 Å². The van der Waals surface area contributed by atoms with E-state index in [2.05, 4.69) is 5.32 Å². The lowest BCUT2D eigenvalue weighted by atomic mass is 10.2. The zero-order valence-electron chi connectivity index (χ0n) is 11.4. The van der Waals surface area contributed by atoms with Crippen molar-refractivity contribution in [3.63, 3.8) is 0 Å². The smallest absolute Gasteiger partial charge is 0.128 e. The lowest BCUT2D eigenvalue weighted by Gasteiger charge is -2.17. The number of ether oxygens (including phenoxy) is 1. The number of anilines is 1. The van der Waals surface area contributed by atoms with Crippen LogP contribution in [0.3, 0.4) is 0 Å². The first-order valence-corrected chi connectivity index (χ1v) is 6.95. The number of aliphatic hydroxyl groups excluding tert-OH is 1. The van der Waals surface area contributed by atoms with E-state index in [4.69, 9.17) is 4.74 Å². The van der Waals surface area contributed by atoms with Crippen LogP contribution in [0.1, 0.15) is 31.2 Å². The highest BCUT2D eigenvalue weighted by Gasteiger charge is 2.17. The molecule has 1 saturated carbocycles. The molecule has 1 fully saturated rings. The number of rotatable bonds is 6. The van der Waals surface area contributed by atoms with Crippen molar-refractivity contribution in [1.82, 2.24) is 0 Å². The summed E-state index contributed by atoms with van der Waals surface area (Å²) in [6.45, 7) is 2.43. The summed E-state index contributed by atoms with van der Waals surface area (Å²) >= 11 is 0. The Kier molecular flexibility index (Phi) is 5.16. The van der Waals surface area contributed by atoms with E-state index in [9.17, 15) is 9.50 Å². The zero-order chi connectivity index (χ0) is 13.7. The van der Waals surface area contributed by atoms with Gasteiger partial charge in [0.1, 0.15) is 5.82 Å². The van der Waals surface area contributed by atoms with Crippen LogP contribution in [0, 0.1) is 12.7 Å². The van der Waals surface area contributed by atoms with Gasteiger partial charge in [0.15, 0.2) is 0 Å². The van der Waals surface area contributed by atoms with Crippen LogP contribution in [0.15, 0.2) is 18.2 Å². The van der Waals surface area contributed by atoms with Crippen LogP contribution in [0.2, 0.25) is 0 Å². The predicted octanol–water partition coefficient (Wildman–Crippen LogP) is 2.87. The summed E-state index contributed by atoms with van der Waals surface area (Å²) in [5.74, 6) is -0.235. The fourth-order valence-corrected chi connectivity index (χ4v) is 2.39. The molecule has 0 spiro atoms. The SMILES string of the molecule is Cc1c(F)cccc1NCC(O)COC1CCCC1. The third kappa shape index (κ3) is 4.18. The number of nitrogens with one attached hydrogen (secondary N) is 1. The van der Waals surface area contributed by atoms with Crippen LogP contribution in [0.4, 0.5) is 10.1 Å². The van der Waals surface area contributed by atoms with E-state index in [0.29, 0.717) is 24.8 Å². The monoisotopic (exact) mass is 267 g/mol. The Bertz CT molecular complexity index is 405. The average molecular weight is 267 g/mol. The largest absolute Gasteiger partial charge is 0.389 e. The van der Waals surface area contributed by atoms with Crippen molar-refractivity contribution < 1.29 is 14.2 Å². The van der Waals surface area contributed by atoms with Gasteiger partial charge < -0.3 is 15.2 Å². The maximum Gasteiger partial charge on any atom is 0.128 e. The first-order chi connectivity index (χ1) is 9.16. The third-order valence-electron chi connectivity index (χ3n) is 3.62. The Balaban J connectivity index is 1.73. The third-order valence-corrected chi connectivity index (χ3v) is 3.62. The van der Waals surface area contributed by atoms with E-state index < -0.39 is 6.10 Å². The maximum absolute atomic E-state index is 13.3. The second kappa shape index (κ2) is 6.87. The predicted molar refractivity (Wildman–Crippen MR) is 73.8 cm³/mol.